The second kappa shape index (κ2) is 12.3. The fourth-order valence-electron chi connectivity index (χ4n) is 4.51. The number of alkyl halides is 1. The van der Waals surface area contributed by atoms with Gasteiger partial charge in [0.15, 0.2) is 0 Å². The van der Waals surface area contributed by atoms with Crippen molar-refractivity contribution in [2.45, 2.75) is 33.0 Å². The molecular formula is C30H32ClFN4O2. The Kier molecular flexibility index (Phi) is 8.92. The topological polar surface area (TPSA) is 81.2 Å². The van der Waals surface area contributed by atoms with Gasteiger partial charge in [-0.15, -0.1) is 0 Å². The van der Waals surface area contributed by atoms with Crippen molar-refractivity contribution in [2.75, 3.05) is 19.6 Å². The number of benzene rings is 3. The third kappa shape index (κ3) is 6.65. The number of fused-ring (bicyclic) bond motifs is 1. The number of amides is 1. The first-order valence-electron chi connectivity index (χ1n) is 12.7. The molecular weight excluding hydrogens is 503 g/mol. The highest BCUT2D eigenvalue weighted by atomic mass is 35.5. The van der Waals surface area contributed by atoms with Crippen LogP contribution in [0.3, 0.4) is 0 Å². The minimum Gasteiger partial charge on any atom is -0.335 e. The summed E-state index contributed by atoms with van der Waals surface area (Å²) in [6, 6.07) is 22.0. The number of hydrogen-bond donors (Lipinski definition) is 1. The molecule has 0 saturated carbocycles. The van der Waals surface area contributed by atoms with Crippen LogP contribution < -0.4 is 11.3 Å². The van der Waals surface area contributed by atoms with Gasteiger partial charge in [-0.3, -0.25) is 14.2 Å². The lowest BCUT2D eigenvalue weighted by Gasteiger charge is -2.28. The third-order valence-corrected chi connectivity index (χ3v) is 6.74. The van der Waals surface area contributed by atoms with E-state index in [-0.39, 0.29) is 37.0 Å². The fraction of sp³-hybridized carbons (Fsp3) is 0.300. The Morgan fingerprint density at radius 1 is 1.08 bits per heavy atom. The first-order chi connectivity index (χ1) is 18.2. The smallest absolute Gasteiger partial charge is 0.261 e. The van der Waals surface area contributed by atoms with Crippen LogP contribution in [0.4, 0.5) is 4.39 Å². The molecule has 3 aromatic carbocycles. The number of halogens is 2. The third-order valence-electron chi connectivity index (χ3n) is 6.50. The quantitative estimate of drug-likeness (QED) is 0.309. The average Bonchev–Trinajstić information content (AvgIpc) is 2.90. The van der Waals surface area contributed by atoms with Crippen molar-refractivity contribution < 1.29 is 9.18 Å². The maximum atomic E-state index is 14.4. The van der Waals surface area contributed by atoms with Crippen molar-refractivity contribution in [3.8, 4) is 0 Å². The van der Waals surface area contributed by atoms with Crippen LogP contribution in [0.25, 0.3) is 10.9 Å². The Morgan fingerprint density at radius 2 is 1.79 bits per heavy atom. The van der Waals surface area contributed by atoms with Crippen LogP contribution in [-0.2, 0) is 13.0 Å². The van der Waals surface area contributed by atoms with Crippen molar-refractivity contribution >= 4 is 28.4 Å². The fourth-order valence-corrected chi connectivity index (χ4v) is 4.68. The maximum absolute atomic E-state index is 14.4. The van der Waals surface area contributed by atoms with Crippen molar-refractivity contribution in [3.63, 3.8) is 0 Å². The molecule has 0 aliphatic rings. The van der Waals surface area contributed by atoms with E-state index in [0.717, 1.165) is 11.1 Å². The zero-order valence-corrected chi connectivity index (χ0v) is 22.4. The van der Waals surface area contributed by atoms with Gasteiger partial charge in [-0.25, -0.2) is 9.37 Å². The van der Waals surface area contributed by atoms with E-state index in [0.29, 0.717) is 40.3 Å². The Bertz CT molecular complexity index is 1460. The number of aryl methyl sites for hydroxylation is 1. The predicted molar refractivity (Wildman–Crippen MR) is 150 cm³/mol. The molecule has 0 bridgehead atoms. The van der Waals surface area contributed by atoms with Crippen molar-refractivity contribution in [2.24, 2.45) is 11.7 Å². The maximum Gasteiger partial charge on any atom is 0.261 e. The lowest BCUT2D eigenvalue weighted by molar-refractivity contribution is 0.0683. The molecule has 0 spiro atoms. The van der Waals surface area contributed by atoms with E-state index in [1.165, 1.54) is 4.90 Å². The van der Waals surface area contributed by atoms with E-state index in [1.807, 2.05) is 56.3 Å². The summed E-state index contributed by atoms with van der Waals surface area (Å²) in [5.74, 6) is 0.201. The van der Waals surface area contributed by atoms with Crippen molar-refractivity contribution in [1.82, 2.24) is 14.5 Å². The summed E-state index contributed by atoms with van der Waals surface area (Å²) in [5, 5.41) is 0.982. The summed E-state index contributed by atoms with van der Waals surface area (Å²) < 4.78 is 16.1. The standard InChI is InChI=1S/C30H32ClFN4O2/c1-20-8-10-23(11-9-20)29(37)35(19-25(32)16-33)17-21(2)14-28-34-27-15-24(31)12-13-26(27)30(38)36(28)18-22-6-4-3-5-7-22/h3-13,15,21,25H,14,16-19,33H2,1-2H3. The molecule has 0 fully saturated rings. The van der Waals surface area contributed by atoms with Crippen LogP contribution >= 0.6 is 11.6 Å². The van der Waals surface area contributed by atoms with Gasteiger partial charge in [-0.05, 0) is 48.7 Å². The van der Waals surface area contributed by atoms with Gasteiger partial charge in [-0.1, -0.05) is 66.6 Å². The molecule has 0 radical (unpaired) electrons. The second-order valence-corrected chi connectivity index (χ2v) is 10.2. The molecule has 2 N–H and O–H groups in total. The molecule has 1 heterocycles. The number of carbonyl (C=O) groups is 1. The van der Waals surface area contributed by atoms with Gasteiger partial charge in [0.25, 0.3) is 11.5 Å². The normalized spacial score (nSPS) is 12.9. The molecule has 2 unspecified atom stereocenters. The highest BCUT2D eigenvalue weighted by molar-refractivity contribution is 6.31. The molecule has 6 nitrogen and oxygen atoms in total. The highest BCUT2D eigenvalue weighted by Gasteiger charge is 2.23. The molecule has 8 heteroatoms. The monoisotopic (exact) mass is 534 g/mol. The molecule has 4 rings (SSSR count). The number of nitrogens with two attached hydrogens (primary N) is 1. The van der Waals surface area contributed by atoms with Gasteiger partial charge < -0.3 is 10.6 Å². The first kappa shape index (κ1) is 27.5. The molecule has 0 aliphatic heterocycles. The van der Waals surface area contributed by atoms with E-state index in [9.17, 15) is 14.0 Å². The Labute approximate surface area is 226 Å². The lowest BCUT2D eigenvalue weighted by Crippen LogP contribution is -2.41. The van der Waals surface area contributed by atoms with Crippen molar-refractivity contribution in [3.05, 3.63) is 111 Å². The summed E-state index contributed by atoms with van der Waals surface area (Å²) >= 11 is 6.19. The van der Waals surface area contributed by atoms with Gasteiger partial charge in [0, 0.05) is 30.1 Å². The van der Waals surface area contributed by atoms with Crippen LogP contribution in [-0.4, -0.2) is 46.2 Å². The van der Waals surface area contributed by atoms with Crippen LogP contribution in [0.2, 0.25) is 5.02 Å². The molecule has 38 heavy (non-hydrogen) atoms. The number of rotatable bonds is 10. The Morgan fingerprint density at radius 3 is 2.47 bits per heavy atom. The summed E-state index contributed by atoms with van der Waals surface area (Å²) in [4.78, 5) is 33.1. The Balaban J connectivity index is 1.65. The zero-order valence-electron chi connectivity index (χ0n) is 21.6. The molecule has 0 aliphatic carbocycles. The molecule has 2 atom stereocenters. The van der Waals surface area contributed by atoms with E-state index in [1.54, 1.807) is 34.9 Å². The lowest BCUT2D eigenvalue weighted by atomic mass is 10.0. The zero-order chi connectivity index (χ0) is 27.2. The first-order valence-corrected chi connectivity index (χ1v) is 13.1. The van der Waals surface area contributed by atoms with Gasteiger partial charge in [-0.2, -0.15) is 0 Å². The van der Waals surface area contributed by atoms with Gasteiger partial charge in [0.1, 0.15) is 12.0 Å². The SMILES string of the molecule is Cc1ccc(C(=O)N(CC(C)Cc2nc3cc(Cl)ccc3c(=O)n2Cc2ccccc2)CC(F)CN)cc1. The van der Waals surface area contributed by atoms with Gasteiger partial charge in [0.05, 0.1) is 24.0 Å². The molecule has 198 valence electrons. The van der Waals surface area contributed by atoms with Crippen LogP contribution in [0.15, 0.2) is 77.6 Å². The van der Waals surface area contributed by atoms with E-state index in [4.69, 9.17) is 22.3 Å². The van der Waals surface area contributed by atoms with Crippen LogP contribution in [0.5, 0.6) is 0 Å². The van der Waals surface area contributed by atoms with Gasteiger partial charge in [0.2, 0.25) is 0 Å². The van der Waals surface area contributed by atoms with Gasteiger partial charge >= 0.3 is 0 Å². The predicted octanol–water partition coefficient (Wildman–Crippen LogP) is 5.02. The highest BCUT2D eigenvalue weighted by Crippen LogP contribution is 2.19. The van der Waals surface area contributed by atoms with Crippen LogP contribution in [0, 0.1) is 12.8 Å². The van der Waals surface area contributed by atoms with E-state index >= 15 is 0 Å². The minimum atomic E-state index is -1.34. The summed E-state index contributed by atoms with van der Waals surface area (Å²) in [6.45, 7) is 4.27. The summed E-state index contributed by atoms with van der Waals surface area (Å²) in [5.41, 5.74) is 8.40. The molecule has 0 saturated heterocycles. The van der Waals surface area contributed by atoms with E-state index in [2.05, 4.69) is 0 Å². The number of aromatic nitrogens is 2. The average molecular weight is 535 g/mol. The molecule has 4 aromatic rings. The van der Waals surface area contributed by atoms with Crippen molar-refractivity contribution in [1.29, 1.82) is 0 Å². The summed E-state index contributed by atoms with van der Waals surface area (Å²) in [7, 11) is 0. The van der Waals surface area contributed by atoms with E-state index < -0.39 is 6.17 Å². The number of carbonyl (C=O) groups excluding carboxylic acids is 1. The Hall–Kier alpha value is -3.55. The number of nitrogens with zero attached hydrogens (tertiary/aromatic N) is 3. The largest absolute Gasteiger partial charge is 0.335 e. The second-order valence-electron chi connectivity index (χ2n) is 9.78. The summed E-state index contributed by atoms with van der Waals surface area (Å²) in [6.07, 6.45) is -0.935. The number of hydrogen-bond acceptors (Lipinski definition) is 4. The van der Waals surface area contributed by atoms with Crippen LogP contribution in [0.1, 0.15) is 34.2 Å². The molecule has 1 amide bonds. The minimum absolute atomic E-state index is 0.106. The molecule has 1 aromatic heterocycles.